The third-order valence-corrected chi connectivity index (χ3v) is 6.63. The molecule has 130 valence electrons. The van der Waals surface area contributed by atoms with E-state index < -0.39 is 26.5 Å². The average Bonchev–Trinajstić information content (AvgIpc) is 2.55. The number of carbonyl (C=O) groups excluding carboxylic acids is 1. The van der Waals surface area contributed by atoms with Gasteiger partial charge in [0.05, 0.1) is 11.5 Å². The summed E-state index contributed by atoms with van der Waals surface area (Å²) in [7, 11) is -3.80. The number of benzene rings is 1. The summed E-state index contributed by atoms with van der Waals surface area (Å²) in [5.74, 6) is -1.46. The Morgan fingerprint density at radius 2 is 1.96 bits per heavy atom. The average molecular weight is 349 g/mol. The number of esters is 1. The maximum absolute atomic E-state index is 13.1. The van der Waals surface area contributed by atoms with Gasteiger partial charge in [0, 0.05) is 12.4 Å². The van der Waals surface area contributed by atoms with Crippen molar-refractivity contribution in [2.24, 2.45) is 10.9 Å². The van der Waals surface area contributed by atoms with E-state index in [0.717, 1.165) is 18.4 Å². The van der Waals surface area contributed by atoms with E-state index in [1.165, 1.54) is 25.4 Å². The summed E-state index contributed by atoms with van der Waals surface area (Å²) >= 11 is 0. The lowest BCUT2D eigenvalue weighted by molar-refractivity contribution is -0.147. The second-order valence-corrected chi connectivity index (χ2v) is 8.48. The van der Waals surface area contributed by atoms with Crippen LogP contribution in [0.5, 0.6) is 0 Å². The Balaban J connectivity index is 2.36. The van der Waals surface area contributed by atoms with Gasteiger partial charge in [-0.25, -0.2) is 8.42 Å². The molecule has 0 saturated carbocycles. The fourth-order valence-electron chi connectivity index (χ4n) is 2.53. The lowest BCUT2D eigenvalue weighted by Crippen LogP contribution is -2.48. The molecule has 0 fully saturated rings. The van der Waals surface area contributed by atoms with Crippen LogP contribution in [0.1, 0.15) is 32.3 Å². The fraction of sp³-hybridized carbons (Fsp3) is 0.444. The molecule has 6 heteroatoms. The van der Waals surface area contributed by atoms with Crippen LogP contribution < -0.4 is 0 Å². The number of aryl methyl sites for hydroxylation is 1. The molecule has 2 rings (SSSR count). The highest BCUT2D eigenvalue weighted by molar-refractivity contribution is 7.93. The predicted molar refractivity (Wildman–Crippen MR) is 93.8 cm³/mol. The number of aliphatic imine (C=N–C) groups is 1. The molecular weight excluding hydrogens is 326 g/mol. The number of hydrogen-bond acceptors (Lipinski definition) is 5. The minimum Gasteiger partial charge on any atom is -0.465 e. The molecule has 5 nitrogen and oxygen atoms in total. The summed E-state index contributed by atoms with van der Waals surface area (Å²) < 4.78 is 30.0. The number of ether oxygens (including phenoxy) is 1. The van der Waals surface area contributed by atoms with Gasteiger partial charge in [0.25, 0.3) is 0 Å². The summed E-state index contributed by atoms with van der Waals surface area (Å²) in [6, 6.07) is 6.59. The zero-order chi connectivity index (χ0) is 17.8. The number of rotatable bonds is 6. The molecule has 1 aliphatic heterocycles. The Hall–Kier alpha value is -1.95. The topological polar surface area (TPSA) is 72.8 Å². The maximum Gasteiger partial charge on any atom is 0.314 e. The van der Waals surface area contributed by atoms with E-state index in [1.807, 2.05) is 13.8 Å². The van der Waals surface area contributed by atoms with Crippen LogP contribution >= 0.6 is 0 Å². The number of hydrogen-bond donors (Lipinski definition) is 0. The highest BCUT2D eigenvalue weighted by Gasteiger charge is 2.49. The summed E-state index contributed by atoms with van der Waals surface area (Å²) in [5, 5.41) is 0. The van der Waals surface area contributed by atoms with Gasteiger partial charge in [-0.1, -0.05) is 37.1 Å². The predicted octanol–water partition coefficient (Wildman–Crippen LogP) is 3.09. The maximum atomic E-state index is 13.1. The van der Waals surface area contributed by atoms with E-state index in [1.54, 1.807) is 24.3 Å². The molecule has 0 amide bonds. The van der Waals surface area contributed by atoms with Gasteiger partial charge in [-0.05, 0) is 32.4 Å². The SMILES string of the molecule is CCCCOC(=O)C1C=CN=CC1(C)S(=O)(=O)c1ccc(C)cc1. The zero-order valence-electron chi connectivity index (χ0n) is 14.2. The van der Waals surface area contributed by atoms with Gasteiger partial charge < -0.3 is 4.74 Å². The lowest BCUT2D eigenvalue weighted by atomic mass is 9.92. The van der Waals surface area contributed by atoms with Crippen LogP contribution in [-0.4, -0.2) is 32.0 Å². The van der Waals surface area contributed by atoms with Gasteiger partial charge in [0.2, 0.25) is 0 Å². The molecule has 1 aromatic rings. The largest absolute Gasteiger partial charge is 0.465 e. The summed E-state index contributed by atoms with van der Waals surface area (Å²) in [6.45, 7) is 5.68. The van der Waals surface area contributed by atoms with Gasteiger partial charge in [-0.3, -0.25) is 9.79 Å². The first-order valence-electron chi connectivity index (χ1n) is 8.02. The lowest BCUT2D eigenvalue weighted by Gasteiger charge is -2.32. The van der Waals surface area contributed by atoms with Crippen LogP contribution in [0.15, 0.2) is 46.4 Å². The van der Waals surface area contributed by atoms with E-state index in [2.05, 4.69) is 4.99 Å². The minimum atomic E-state index is -3.80. The van der Waals surface area contributed by atoms with Gasteiger partial charge in [-0.15, -0.1) is 0 Å². The van der Waals surface area contributed by atoms with Crippen molar-refractivity contribution in [1.82, 2.24) is 0 Å². The Labute approximate surface area is 143 Å². The van der Waals surface area contributed by atoms with Crippen LogP contribution in [0.3, 0.4) is 0 Å². The molecule has 2 unspecified atom stereocenters. The van der Waals surface area contributed by atoms with Gasteiger partial charge >= 0.3 is 5.97 Å². The molecule has 2 atom stereocenters. The molecular formula is C18H23NO4S. The molecule has 0 bridgehead atoms. The molecule has 0 N–H and O–H groups in total. The van der Waals surface area contributed by atoms with Crippen LogP contribution in [0.4, 0.5) is 0 Å². The molecule has 1 aliphatic rings. The molecule has 0 saturated heterocycles. The third kappa shape index (κ3) is 3.43. The smallest absolute Gasteiger partial charge is 0.314 e. The minimum absolute atomic E-state index is 0.170. The Morgan fingerprint density at radius 3 is 2.58 bits per heavy atom. The summed E-state index contributed by atoms with van der Waals surface area (Å²) in [6.07, 6.45) is 5.91. The second-order valence-electron chi connectivity index (χ2n) is 6.12. The van der Waals surface area contributed by atoms with Crippen molar-refractivity contribution in [3.05, 3.63) is 42.1 Å². The van der Waals surface area contributed by atoms with E-state index in [9.17, 15) is 13.2 Å². The standard InChI is InChI=1S/C18H23NO4S/c1-4-5-12-23-17(20)16-10-11-19-13-18(16,3)24(21,22)15-8-6-14(2)7-9-15/h6-11,13,16H,4-5,12H2,1-3H3. The number of sulfone groups is 1. The molecule has 24 heavy (non-hydrogen) atoms. The first-order chi connectivity index (χ1) is 11.3. The van der Waals surface area contributed by atoms with Crippen molar-refractivity contribution in [1.29, 1.82) is 0 Å². The van der Waals surface area contributed by atoms with Gasteiger partial charge in [0.1, 0.15) is 10.7 Å². The zero-order valence-corrected chi connectivity index (χ0v) is 15.0. The van der Waals surface area contributed by atoms with E-state index >= 15 is 0 Å². The van der Waals surface area contributed by atoms with Crippen molar-refractivity contribution in [2.45, 2.75) is 43.3 Å². The monoisotopic (exact) mass is 349 g/mol. The highest BCUT2D eigenvalue weighted by atomic mass is 32.2. The summed E-state index contributed by atoms with van der Waals surface area (Å²) in [5.41, 5.74) is 0.965. The second kappa shape index (κ2) is 7.30. The van der Waals surface area contributed by atoms with Crippen LogP contribution in [-0.2, 0) is 19.4 Å². The van der Waals surface area contributed by atoms with Crippen molar-refractivity contribution in [3.8, 4) is 0 Å². The third-order valence-electron chi connectivity index (χ3n) is 4.22. The van der Waals surface area contributed by atoms with Crippen molar-refractivity contribution < 1.29 is 17.9 Å². The fourth-order valence-corrected chi connectivity index (χ4v) is 4.24. The van der Waals surface area contributed by atoms with E-state index in [0.29, 0.717) is 0 Å². The first kappa shape index (κ1) is 18.4. The summed E-state index contributed by atoms with van der Waals surface area (Å²) in [4.78, 5) is 16.6. The first-order valence-corrected chi connectivity index (χ1v) is 9.50. The Kier molecular flexibility index (Phi) is 5.59. The molecule has 1 heterocycles. The molecule has 0 spiro atoms. The molecule has 1 aromatic carbocycles. The van der Waals surface area contributed by atoms with Crippen molar-refractivity contribution >= 4 is 22.0 Å². The van der Waals surface area contributed by atoms with Crippen molar-refractivity contribution in [3.63, 3.8) is 0 Å². The Bertz CT molecular complexity index is 750. The molecule has 0 radical (unpaired) electrons. The molecule has 0 aromatic heterocycles. The Morgan fingerprint density at radius 1 is 1.29 bits per heavy atom. The van der Waals surface area contributed by atoms with Crippen LogP contribution in [0.25, 0.3) is 0 Å². The quantitative estimate of drug-likeness (QED) is 0.584. The van der Waals surface area contributed by atoms with Gasteiger partial charge in [-0.2, -0.15) is 0 Å². The van der Waals surface area contributed by atoms with Gasteiger partial charge in [0.15, 0.2) is 9.84 Å². The molecule has 0 aliphatic carbocycles. The van der Waals surface area contributed by atoms with Crippen LogP contribution in [0, 0.1) is 12.8 Å². The number of carbonyl (C=O) groups is 1. The highest BCUT2D eigenvalue weighted by Crippen LogP contribution is 2.35. The number of nitrogens with zero attached hydrogens (tertiary/aromatic N) is 1. The van der Waals surface area contributed by atoms with Crippen LogP contribution in [0.2, 0.25) is 0 Å². The normalized spacial score (nSPS) is 23.2. The van der Waals surface area contributed by atoms with E-state index in [-0.39, 0.29) is 11.5 Å². The number of unbranched alkanes of at least 4 members (excludes halogenated alkanes) is 1. The van der Waals surface area contributed by atoms with Crippen molar-refractivity contribution in [2.75, 3.05) is 6.61 Å². The van der Waals surface area contributed by atoms with E-state index in [4.69, 9.17) is 4.74 Å².